The predicted molar refractivity (Wildman–Crippen MR) is 370 cm³/mol. The van der Waals surface area contributed by atoms with Crippen LogP contribution in [0.15, 0.2) is 112 Å². The summed E-state index contributed by atoms with van der Waals surface area (Å²) >= 11 is 0. The lowest BCUT2D eigenvalue weighted by molar-refractivity contribution is 0.0972. The van der Waals surface area contributed by atoms with E-state index in [1.165, 1.54) is 82.4 Å². The van der Waals surface area contributed by atoms with E-state index in [4.69, 9.17) is 34.6 Å². The van der Waals surface area contributed by atoms with Crippen LogP contribution in [0.2, 0.25) is 0 Å². The van der Waals surface area contributed by atoms with Gasteiger partial charge in [-0.1, -0.05) is 17.7 Å². The highest BCUT2D eigenvalue weighted by molar-refractivity contribution is 7.90. The number of aryl methyl sites for hydroxylation is 1. The lowest BCUT2D eigenvalue weighted by atomic mass is 9.93. The number of aromatic hydroxyl groups is 1. The molecule has 100 heavy (non-hydrogen) atoms. The normalized spacial score (nSPS) is 25.6. The number of pyridine rings is 4. The van der Waals surface area contributed by atoms with Crippen molar-refractivity contribution in [3.63, 3.8) is 0 Å². The summed E-state index contributed by atoms with van der Waals surface area (Å²) in [6, 6.07) is 19.4. The monoisotopic (exact) mass is 1430 g/mol. The van der Waals surface area contributed by atoms with Crippen LogP contribution in [0.1, 0.15) is 168 Å². The van der Waals surface area contributed by atoms with E-state index in [1.807, 2.05) is 44.4 Å². The molecule has 1 aromatic carbocycles. The zero-order valence-corrected chi connectivity index (χ0v) is 58.4. The number of rotatable bonds is 13. The van der Waals surface area contributed by atoms with Crippen molar-refractivity contribution >= 4 is 65.3 Å². The maximum Gasteiger partial charge on any atom is 0.339 e. The van der Waals surface area contributed by atoms with Gasteiger partial charge in [0.05, 0.1) is 29.7 Å². The molecule has 8 fully saturated rings. The fraction of sp³-hybridized carbons (Fsp3) is 0.521. The molecule has 2 atom stereocenters. The average Bonchev–Trinajstić information content (AvgIpc) is 1.44. The van der Waals surface area contributed by atoms with Crippen molar-refractivity contribution in [1.29, 1.82) is 0 Å². The van der Waals surface area contributed by atoms with Crippen LogP contribution < -0.4 is 43.5 Å². The number of fused-ring (bicyclic) bond motifs is 14. The van der Waals surface area contributed by atoms with Crippen molar-refractivity contribution in [2.75, 3.05) is 59.7 Å². The van der Waals surface area contributed by atoms with Crippen LogP contribution in [0.25, 0.3) is 11.6 Å². The van der Waals surface area contributed by atoms with Gasteiger partial charge in [-0.2, -0.15) is 25.3 Å². The van der Waals surface area contributed by atoms with Gasteiger partial charge >= 0.3 is 10.1 Å². The summed E-state index contributed by atoms with van der Waals surface area (Å²) in [7, 11) is -13.4. The maximum atomic E-state index is 14.0. The van der Waals surface area contributed by atoms with E-state index < -0.39 is 94.9 Å². The van der Waals surface area contributed by atoms with Crippen molar-refractivity contribution in [2.45, 2.75) is 163 Å². The standard InChI is InChI=1S/C39H45N7O7S2.C32H39N7O5S/c1-25-6-8-27(9-7-25)55(50,51)53-29-11-13-33-42-34(29)40-20-4-5-26-23-37(2,3)45(24-26)35-28(36(47)44-54(33,48)49)10-12-31(41-35)46-21-14-32(43-46)52-22-15-30-38(16-17-38)39(30)18-19-39;1-30(2)18-20-4-3-15-33-27-22(40)6-8-26(35-27)45(42,43)37-29(41)21-5-7-24(34-28(21)38(30)19-20)39-16-9-25(36-39)44-17-10-23-31(11-12-31)32(23)13-14-32/h6-14,21,26,30H,4-5,15-20,22-24H2,1-3H3,(H,40,42)(H,44,47);5-9,16,20,23,40H,3-4,10-15,17-19H2,1-2H3,(H,33,35)(H,37,41)/t26-;20-/m00/s1/i15D2,22D2;10D2,17D2. The molecular weight excluding hydrogens is 1340 g/mol. The third-order valence-electron chi connectivity index (χ3n) is 22.5. The van der Waals surface area contributed by atoms with Crippen LogP contribution in [0, 0.1) is 52.3 Å². The fourth-order valence-electron chi connectivity index (χ4n) is 16.8. The van der Waals surface area contributed by atoms with Gasteiger partial charge in [0.25, 0.3) is 31.9 Å². The molecule has 10 heterocycles. The second-order valence-electron chi connectivity index (χ2n) is 29.8. The van der Waals surface area contributed by atoms with E-state index in [9.17, 15) is 39.9 Å². The number of carbonyl (C=O) groups is 2. The minimum absolute atomic E-state index is 0.0169. The predicted octanol–water partition coefficient (Wildman–Crippen LogP) is 9.88. The van der Waals surface area contributed by atoms with E-state index >= 15 is 0 Å². The van der Waals surface area contributed by atoms with Gasteiger partial charge in [-0.25, -0.2) is 38.7 Å². The SMILES string of the molecule is [2H]C([2H])(Oc1ccn(-c2ccc3c(n2)N2C[C@@H](CCCNc4nc(ccc4O)S(=O)(=O)NC3=O)CC2(C)C)n1)C([2H])([2H])C1C2(CC2)C12CC2.[2H]C([2H])(Oc1ccn(-c2ccc3c(n2)N2C[C@@H](CCCNc4nc(ccc4OS(=O)(=O)c4ccc(C)cc4)S(=O)(=O)NC3=O)CC2(C)C)n1)C([2H])([2H])C1C2(CC2)C12CC2. The van der Waals surface area contributed by atoms with Gasteiger partial charge in [-0.15, -0.1) is 10.2 Å². The number of nitrogens with one attached hydrogen (secondary N) is 4. The van der Waals surface area contributed by atoms with Crippen molar-refractivity contribution in [1.82, 2.24) is 48.9 Å². The van der Waals surface area contributed by atoms with Crippen molar-refractivity contribution in [3.8, 4) is 34.9 Å². The number of sulfonamides is 2. The zero-order valence-electron chi connectivity index (χ0n) is 63.9. The number of hydrogen-bond acceptors (Lipinski definition) is 22. The molecule has 528 valence electrons. The van der Waals surface area contributed by atoms with Crippen LogP contribution in [-0.2, 0) is 30.2 Å². The molecule has 7 aromatic rings. The Morgan fingerprint density at radius 1 is 0.580 bits per heavy atom. The molecule has 17 rings (SSSR count). The van der Waals surface area contributed by atoms with Crippen molar-refractivity contribution in [2.24, 2.45) is 45.3 Å². The van der Waals surface area contributed by atoms with E-state index in [1.54, 1.807) is 12.1 Å². The molecule has 5 N–H and O–H groups in total. The minimum Gasteiger partial charge on any atom is -0.504 e. The molecular formula is C71H84N14O12S3. The Morgan fingerprint density at radius 2 is 1.02 bits per heavy atom. The van der Waals surface area contributed by atoms with E-state index in [-0.39, 0.29) is 114 Å². The van der Waals surface area contributed by atoms with E-state index in [2.05, 4.69) is 40.2 Å². The van der Waals surface area contributed by atoms with Crippen LogP contribution in [0.4, 0.5) is 23.3 Å². The lowest BCUT2D eigenvalue weighted by Gasteiger charge is -2.34. The Morgan fingerprint density at radius 3 is 1.48 bits per heavy atom. The molecule has 6 aliphatic carbocycles. The molecule has 6 saturated carbocycles. The average molecular weight is 1430 g/mol. The van der Waals surface area contributed by atoms with Crippen LogP contribution in [0.3, 0.4) is 0 Å². The number of aromatic nitrogens is 8. The van der Waals surface area contributed by atoms with Crippen LogP contribution in [0.5, 0.6) is 23.3 Å². The van der Waals surface area contributed by atoms with Crippen LogP contribution in [-0.4, -0.2) is 132 Å². The smallest absolute Gasteiger partial charge is 0.339 e. The minimum atomic E-state index is -4.63. The Bertz CT molecular complexity index is 5170. The van der Waals surface area contributed by atoms with Gasteiger partial charge in [0.15, 0.2) is 44.8 Å². The molecule has 10 aliphatic rings. The first-order valence-electron chi connectivity index (χ1n) is 38.1. The first kappa shape index (κ1) is 57.1. The molecule has 26 nitrogen and oxygen atoms in total. The number of amides is 2. The second kappa shape index (κ2) is 23.8. The fourth-order valence-corrected chi connectivity index (χ4v) is 19.6. The highest BCUT2D eigenvalue weighted by Crippen LogP contribution is 2.94. The number of hydrogen-bond donors (Lipinski definition) is 5. The summed E-state index contributed by atoms with van der Waals surface area (Å²) in [6.45, 7) is 6.47. The summed E-state index contributed by atoms with van der Waals surface area (Å²) in [4.78, 5) is 49.5. The van der Waals surface area contributed by atoms with E-state index in [0.29, 0.717) is 32.6 Å². The molecule has 29 heteroatoms. The number of nitrogens with zero attached hydrogens (tertiary/aromatic N) is 10. The summed E-state index contributed by atoms with van der Waals surface area (Å²) in [6.07, 6.45) is 10.4. The maximum absolute atomic E-state index is 14.0. The topological polar surface area (TPSA) is 326 Å². The third-order valence-corrected chi connectivity index (χ3v) is 26.2. The Hall–Kier alpha value is -8.57. The molecule has 8 bridgehead atoms. The van der Waals surface area contributed by atoms with Gasteiger partial charge in [0.1, 0.15) is 16.5 Å². The number of benzene rings is 1. The summed E-state index contributed by atoms with van der Waals surface area (Å²) in [5.74, 6) is -2.07. The molecule has 0 radical (unpaired) electrons. The molecule has 4 spiro atoms. The summed E-state index contributed by atoms with van der Waals surface area (Å²) in [5.41, 5.74) is -0.457. The molecule has 4 aliphatic heterocycles. The van der Waals surface area contributed by atoms with E-state index in [0.717, 1.165) is 101 Å². The lowest BCUT2D eigenvalue weighted by Crippen LogP contribution is -2.41. The summed E-state index contributed by atoms with van der Waals surface area (Å²) in [5, 5.41) is 24.1. The first-order valence-corrected chi connectivity index (χ1v) is 38.5. The highest BCUT2D eigenvalue weighted by atomic mass is 32.2. The molecule has 2 saturated heterocycles. The largest absolute Gasteiger partial charge is 0.504 e. The molecule has 0 unspecified atom stereocenters. The third kappa shape index (κ3) is 11.9. The highest BCUT2D eigenvalue weighted by Gasteiger charge is 2.86. The second-order valence-corrected chi connectivity index (χ2v) is 34.6. The number of anilines is 4. The van der Waals surface area contributed by atoms with Gasteiger partial charge < -0.3 is 39.2 Å². The number of ether oxygens (including phenoxy) is 2. The Labute approximate surface area is 593 Å². The Balaban J connectivity index is 0.000000168. The quantitative estimate of drug-likeness (QED) is 0.0670. The van der Waals surface area contributed by atoms with Crippen molar-refractivity contribution < 1.29 is 64.6 Å². The summed E-state index contributed by atoms with van der Waals surface area (Å²) < 4.78 is 174. The van der Waals surface area contributed by atoms with Gasteiger partial charge in [0.2, 0.25) is 11.8 Å². The Kier molecular flexibility index (Phi) is 13.6. The zero-order chi connectivity index (χ0) is 76.7. The van der Waals surface area contributed by atoms with Gasteiger partial charge in [-0.3, -0.25) is 9.59 Å². The van der Waals surface area contributed by atoms with Gasteiger partial charge in [-0.05, 0) is 243 Å². The number of carbonyl (C=O) groups excluding carboxylic acids is 2. The molecule has 6 aromatic heterocycles. The first-order chi connectivity index (χ1) is 50.7. The van der Waals surface area contributed by atoms with Gasteiger partial charge in [0, 0.05) is 67.3 Å². The molecule has 2 amide bonds. The van der Waals surface area contributed by atoms with Crippen molar-refractivity contribution in [3.05, 3.63) is 114 Å². The van der Waals surface area contributed by atoms with Crippen LogP contribution >= 0.6 is 0 Å².